The summed E-state index contributed by atoms with van der Waals surface area (Å²) in [4.78, 5) is 22.0. The second-order valence-electron chi connectivity index (χ2n) is 8.25. The summed E-state index contributed by atoms with van der Waals surface area (Å²) in [7, 11) is 0. The van der Waals surface area contributed by atoms with Gasteiger partial charge in [-0.2, -0.15) is 0 Å². The van der Waals surface area contributed by atoms with Gasteiger partial charge in [0.2, 0.25) is 5.88 Å². The molecule has 0 saturated carbocycles. The number of benzene rings is 2. The highest BCUT2D eigenvalue weighted by molar-refractivity contribution is 5.98. The molecule has 180 valence electrons. The second kappa shape index (κ2) is 10.4. The van der Waals surface area contributed by atoms with Crippen molar-refractivity contribution in [3.05, 3.63) is 113 Å². The number of aliphatic hydroxyl groups is 2. The van der Waals surface area contributed by atoms with Crippen molar-refractivity contribution < 1.29 is 19.4 Å². The van der Waals surface area contributed by atoms with Crippen molar-refractivity contribution in [2.24, 2.45) is 4.99 Å². The molecule has 0 spiro atoms. The van der Waals surface area contributed by atoms with E-state index in [9.17, 15) is 19.4 Å². The predicted octanol–water partition coefficient (Wildman–Crippen LogP) is 3.41. The number of carbonyl (C=O) groups is 1. The van der Waals surface area contributed by atoms with E-state index >= 15 is 0 Å². The summed E-state index contributed by atoms with van der Waals surface area (Å²) in [6.07, 6.45) is 1.69. The summed E-state index contributed by atoms with van der Waals surface area (Å²) in [5.41, 5.74) is 0.517. The molecular weight excluding hydrogens is 449 g/mol. The molecule has 2 heterocycles. The highest BCUT2D eigenvalue weighted by atomic mass is 19.1. The van der Waals surface area contributed by atoms with Gasteiger partial charge in [-0.05, 0) is 42.3 Å². The number of amides is 1. The smallest absolute Gasteiger partial charge is 0.256 e. The lowest BCUT2D eigenvalue weighted by atomic mass is 9.95. The van der Waals surface area contributed by atoms with Gasteiger partial charge in [-0.3, -0.25) is 15.1 Å². The van der Waals surface area contributed by atoms with E-state index in [2.05, 4.69) is 25.9 Å². The molecule has 5 N–H and O–H groups in total. The number of pyridine rings is 1. The zero-order chi connectivity index (χ0) is 24.8. The fourth-order valence-corrected chi connectivity index (χ4v) is 3.71. The molecule has 0 radical (unpaired) electrons. The average Bonchev–Trinajstić information content (AvgIpc) is 2.88. The predicted molar refractivity (Wildman–Crippen MR) is 130 cm³/mol. The van der Waals surface area contributed by atoms with Crippen LogP contribution in [0.2, 0.25) is 0 Å². The normalized spacial score (nSPS) is 18.4. The fourth-order valence-electron chi connectivity index (χ4n) is 3.71. The molecule has 2 aromatic carbocycles. The van der Waals surface area contributed by atoms with Crippen molar-refractivity contribution in [2.45, 2.75) is 31.6 Å². The molecule has 35 heavy (non-hydrogen) atoms. The molecule has 0 bridgehead atoms. The Morgan fingerprint density at radius 3 is 2.43 bits per heavy atom. The Bertz CT molecular complexity index is 1230. The molecule has 3 aromatic rings. The number of nitrogens with one attached hydrogen (secondary N) is 3. The van der Waals surface area contributed by atoms with Crippen LogP contribution in [0.1, 0.15) is 29.8 Å². The Kier molecular flexibility index (Phi) is 7.07. The minimum absolute atomic E-state index is 0.0983. The van der Waals surface area contributed by atoms with Crippen molar-refractivity contribution in [1.82, 2.24) is 20.9 Å². The number of amidine groups is 1. The van der Waals surface area contributed by atoms with Gasteiger partial charge in [0.25, 0.3) is 5.91 Å². The number of hydrogen-bond donors (Lipinski definition) is 5. The second-order valence-corrected chi connectivity index (χ2v) is 8.25. The van der Waals surface area contributed by atoms with Crippen LogP contribution in [0.5, 0.6) is 0 Å². The molecule has 1 aliphatic heterocycles. The van der Waals surface area contributed by atoms with Crippen LogP contribution in [0, 0.1) is 5.82 Å². The van der Waals surface area contributed by atoms with Crippen molar-refractivity contribution in [1.29, 1.82) is 0 Å². The van der Waals surface area contributed by atoms with Crippen LogP contribution in [-0.4, -0.2) is 32.5 Å². The Balaban J connectivity index is 1.61. The van der Waals surface area contributed by atoms with Gasteiger partial charge < -0.3 is 20.8 Å². The van der Waals surface area contributed by atoms with Gasteiger partial charge in [-0.1, -0.05) is 48.5 Å². The lowest BCUT2D eigenvalue weighted by Gasteiger charge is -2.32. The topological polar surface area (TPSA) is 119 Å². The van der Waals surface area contributed by atoms with Crippen LogP contribution in [-0.2, 0) is 17.9 Å². The lowest BCUT2D eigenvalue weighted by molar-refractivity contribution is -0.125. The average molecular weight is 476 g/mol. The third-order valence-corrected chi connectivity index (χ3v) is 5.70. The zero-order valence-electron chi connectivity index (χ0n) is 19.1. The van der Waals surface area contributed by atoms with Crippen molar-refractivity contribution in [3.63, 3.8) is 0 Å². The fraction of sp³-hybridized carbons (Fsp3) is 0.192. The molecule has 0 fully saturated rings. The van der Waals surface area contributed by atoms with Crippen molar-refractivity contribution >= 4 is 11.7 Å². The van der Waals surface area contributed by atoms with E-state index in [4.69, 9.17) is 0 Å². The first-order chi connectivity index (χ1) is 16.9. The number of carbonyl (C=O) groups excluding carboxylic acids is 1. The molecule has 4 rings (SSSR count). The molecule has 1 amide bonds. The number of hydrogen-bond acceptors (Lipinski definition) is 7. The van der Waals surface area contributed by atoms with Crippen LogP contribution in [0.3, 0.4) is 0 Å². The third-order valence-electron chi connectivity index (χ3n) is 5.70. The summed E-state index contributed by atoms with van der Waals surface area (Å²) in [5, 5.41) is 29.9. The quantitative estimate of drug-likeness (QED) is 0.341. The zero-order valence-corrected chi connectivity index (χ0v) is 19.1. The monoisotopic (exact) mass is 475 g/mol. The first-order valence-electron chi connectivity index (χ1n) is 11.1. The molecular formula is C26H26FN5O3. The molecule has 1 aromatic heterocycles. The Morgan fingerprint density at radius 2 is 1.74 bits per heavy atom. The number of halogens is 1. The maximum absolute atomic E-state index is 13.2. The van der Waals surface area contributed by atoms with Gasteiger partial charge in [-0.25, -0.2) is 9.38 Å². The van der Waals surface area contributed by atoms with Gasteiger partial charge >= 0.3 is 0 Å². The van der Waals surface area contributed by atoms with Gasteiger partial charge in [-0.15, -0.1) is 0 Å². The highest BCUT2D eigenvalue weighted by Crippen LogP contribution is 2.28. The Morgan fingerprint density at radius 1 is 1.03 bits per heavy atom. The van der Waals surface area contributed by atoms with E-state index in [-0.39, 0.29) is 18.2 Å². The summed E-state index contributed by atoms with van der Waals surface area (Å²) < 4.78 is 13.2. The maximum Gasteiger partial charge on any atom is 0.256 e. The van der Waals surface area contributed by atoms with Crippen molar-refractivity contribution in [3.8, 4) is 0 Å². The third kappa shape index (κ3) is 5.47. The van der Waals surface area contributed by atoms with E-state index < -0.39 is 29.1 Å². The molecule has 2 unspecified atom stereocenters. The molecule has 0 saturated heterocycles. The Hall–Kier alpha value is -4.24. The number of nitrogens with zero attached hydrogens (tertiary/aromatic N) is 2. The van der Waals surface area contributed by atoms with E-state index in [0.29, 0.717) is 12.1 Å². The van der Waals surface area contributed by atoms with Crippen LogP contribution in [0.4, 0.5) is 4.39 Å². The minimum Gasteiger partial charge on any atom is -0.505 e. The molecule has 8 nitrogen and oxygen atoms in total. The number of aliphatic imine (C=N–C) groups is 1. The summed E-state index contributed by atoms with van der Waals surface area (Å²) in [6.45, 7) is 1.91. The molecule has 2 atom stereocenters. The summed E-state index contributed by atoms with van der Waals surface area (Å²) in [6, 6.07) is 20.1. The van der Waals surface area contributed by atoms with Crippen LogP contribution in [0.15, 0.2) is 95.6 Å². The standard InChI is InChI=1S/C26H26FN5O3/c1-26(25(35)30-15-17-10-12-19(27)13-11-17)22(33)24(34)31-23(32-26)21(18-7-3-2-4-8-18)29-16-20-9-5-6-14-28-20/h2-14,21,29,33-34H,15-16H2,1H3,(H,30,35)(H,31,32). The van der Waals surface area contributed by atoms with E-state index in [1.807, 2.05) is 48.5 Å². The number of aromatic nitrogens is 1. The van der Waals surface area contributed by atoms with E-state index in [1.165, 1.54) is 19.1 Å². The van der Waals surface area contributed by atoms with Crippen LogP contribution in [0.25, 0.3) is 0 Å². The van der Waals surface area contributed by atoms with Gasteiger partial charge in [0.1, 0.15) is 11.7 Å². The lowest BCUT2D eigenvalue weighted by Crippen LogP contribution is -2.52. The van der Waals surface area contributed by atoms with Gasteiger partial charge in [0, 0.05) is 19.3 Å². The summed E-state index contributed by atoms with van der Waals surface area (Å²) >= 11 is 0. The maximum atomic E-state index is 13.2. The molecule has 1 aliphatic rings. The van der Waals surface area contributed by atoms with Gasteiger partial charge in [0.15, 0.2) is 11.3 Å². The summed E-state index contributed by atoms with van der Waals surface area (Å²) in [5.74, 6) is -1.91. The first kappa shape index (κ1) is 23.9. The molecule has 0 aliphatic carbocycles. The SMILES string of the molecule is CC1(C(=O)NCc2ccc(F)cc2)N=C(C(NCc2ccccn2)c2ccccc2)NC(O)=C1O. The molecule has 9 heteroatoms. The minimum atomic E-state index is -1.79. The Labute approximate surface area is 202 Å². The van der Waals surface area contributed by atoms with Crippen LogP contribution >= 0.6 is 0 Å². The number of rotatable bonds is 8. The van der Waals surface area contributed by atoms with E-state index in [0.717, 1.165) is 11.3 Å². The van der Waals surface area contributed by atoms with E-state index in [1.54, 1.807) is 18.3 Å². The van der Waals surface area contributed by atoms with Crippen molar-refractivity contribution in [2.75, 3.05) is 0 Å². The highest BCUT2D eigenvalue weighted by Gasteiger charge is 2.44. The largest absolute Gasteiger partial charge is 0.505 e. The first-order valence-corrected chi connectivity index (χ1v) is 11.1. The van der Waals surface area contributed by atoms with Gasteiger partial charge in [0.05, 0.1) is 11.7 Å². The van der Waals surface area contributed by atoms with Crippen LogP contribution < -0.4 is 16.0 Å². The number of aliphatic hydroxyl groups excluding tert-OH is 2.